The topological polar surface area (TPSA) is 47.7 Å². The van der Waals surface area contributed by atoms with E-state index in [1.165, 1.54) is 11.1 Å². The highest BCUT2D eigenvalue weighted by Crippen LogP contribution is 2.42. The number of benzene rings is 1. The maximum atomic E-state index is 6.27. The number of nitrogens with two attached hydrogens (primary N) is 1. The van der Waals surface area contributed by atoms with Crippen molar-refractivity contribution >= 4 is 0 Å². The van der Waals surface area contributed by atoms with E-state index in [0.717, 1.165) is 51.5 Å². The van der Waals surface area contributed by atoms with Crippen molar-refractivity contribution in [3.05, 3.63) is 29.3 Å². The second-order valence-electron chi connectivity index (χ2n) is 5.74. The van der Waals surface area contributed by atoms with Crippen molar-refractivity contribution in [2.45, 2.75) is 25.3 Å². The van der Waals surface area contributed by atoms with E-state index in [9.17, 15) is 0 Å². The van der Waals surface area contributed by atoms with E-state index in [4.69, 9.17) is 15.2 Å². The van der Waals surface area contributed by atoms with Crippen LogP contribution in [0.5, 0.6) is 5.75 Å². The number of para-hydroxylation sites is 1. The SMILES string of the molecule is Cc1cccc2c1OCCCC2(CN)N1CCOCC1. The van der Waals surface area contributed by atoms with Gasteiger partial charge in [-0.05, 0) is 25.3 Å². The first-order chi connectivity index (χ1) is 9.78. The normalized spacial score (nSPS) is 27.5. The first-order valence-electron chi connectivity index (χ1n) is 7.54. The van der Waals surface area contributed by atoms with Crippen LogP contribution in [0.2, 0.25) is 0 Å². The van der Waals surface area contributed by atoms with Crippen LogP contribution in [0, 0.1) is 6.92 Å². The smallest absolute Gasteiger partial charge is 0.127 e. The van der Waals surface area contributed by atoms with Crippen molar-refractivity contribution in [3.63, 3.8) is 0 Å². The van der Waals surface area contributed by atoms with Crippen molar-refractivity contribution in [1.82, 2.24) is 4.90 Å². The lowest BCUT2D eigenvalue weighted by atomic mass is 9.82. The number of nitrogens with zero attached hydrogens (tertiary/aromatic N) is 1. The predicted octanol–water partition coefficient (Wildman–Crippen LogP) is 1.65. The molecule has 1 unspecified atom stereocenters. The van der Waals surface area contributed by atoms with Crippen LogP contribution in [0.3, 0.4) is 0 Å². The van der Waals surface area contributed by atoms with E-state index < -0.39 is 0 Å². The largest absolute Gasteiger partial charge is 0.493 e. The number of morpholine rings is 1. The van der Waals surface area contributed by atoms with E-state index in [2.05, 4.69) is 30.0 Å². The summed E-state index contributed by atoms with van der Waals surface area (Å²) in [5.74, 6) is 1.04. The minimum absolute atomic E-state index is 0.0956. The highest BCUT2D eigenvalue weighted by Gasteiger charge is 2.41. The molecule has 1 fully saturated rings. The van der Waals surface area contributed by atoms with Crippen LogP contribution < -0.4 is 10.5 Å². The summed E-state index contributed by atoms with van der Waals surface area (Å²) in [7, 11) is 0. The molecule has 2 aliphatic rings. The van der Waals surface area contributed by atoms with E-state index in [-0.39, 0.29) is 5.54 Å². The molecule has 110 valence electrons. The van der Waals surface area contributed by atoms with E-state index in [1.807, 2.05) is 0 Å². The zero-order valence-electron chi connectivity index (χ0n) is 12.2. The summed E-state index contributed by atoms with van der Waals surface area (Å²) in [5, 5.41) is 0. The van der Waals surface area contributed by atoms with Crippen LogP contribution in [-0.4, -0.2) is 44.4 Å². The van der Waals surface area contributed by atoms with Crippen molar-refractivity contribution in [3.8, 4) is 5.75 Å². The van der Waals surface area contributed by atoms with E-state index in [0.29, 0.717) is 6.54 Å². The Morgan fingerprint density at radius 1 is 1.25 bits per heavy atom. The Hall–Kier alpha value is -1.10. The Bertz CT molecular complexity index is 472. The van der Waals surface area contributed by atoms with Crippen molar-refractivity contribution in [2.75, 3.05) is 39.5 Å². The number of aryl methyl sites for hydroxylation is 1. The molecular formula is C16H24N2O2. The van der Waals surface area contributed by atoms with Crippen LogP contribution in [-0.2, 0) is 10.3 Å². The van der Waals surface area contributed by atoms with Crippen LogP contribution in [0.4, 0.5) is 0 Å². The van der Waals surface area contributed by atoms with Gasteiger partial charge in [-0.3, -0.25) is 4.90 Å². The summed E-state index contributed by atoms with van der Waals surface area (Å²) in [6.45, 7) is 7.02. The monoisotopic (exact) mass is 276 g/mol. The van der Waals surface area contributed by atoms with Gasteiger partial charge < -0.3 is 15.2 Å². The molecule has 1 aromatic rings. The first kappa shape index (κ1) is 13.9. The van der Waals surface area contributed by atoms with E-state index >= 15 is 0 Å². The quantitative estimate of drug-likeness (QED) is 0.892. The molecular weight excluding hydrogens is 252 g/mol. The third-order valence-electron chi connectivity index (χ3n) is 4.65. The number of hydrogen-bond acceptors (Lipinski definition) is 4. The molecule has 1 atom stereocenters. The molecule has 2 heterocycles. The zero-order valence-corrected chi connectivity index (χ0v) is 12.2. The molecule has 3 rings (SSSR count). The third-order valence-corrected chi connectivity index (χ3v) is 4.65. The zero-order chi connectivity index (χ0) is 14.0. The molecule has 0 bridgehead atoms. The molecule has 0 spiro atoms. The Labute approximate surface area is 120 Å². The van der Waals surface area contributed by atoms with E-state index in [1.54, 1.807) is 0 Å². The fraction of sp³-hybridized carbons (Fsp3) is 0.625. The minimum Gasteiger partial charge on any atom is -0.493 e. The number of ether oxygens (including phenoxy) is 2. The molecule has 0 aromatic heterocycles. The Morgan fingerprint density at radius 3 is 2.80 bits per heavy atom. The van der Waals surface area contributed by atoms with Crippen molar-refractivity contribution in [1.29, 1.82) is 0 Å². The van der Waals surface area contributed by atoms with Crippen LogP contribution >= 0.6 is 0 Å². The maximum Gasteiger partial charge on any atom is 0.127 e. The summed E-state index contributed by atoms with van der Waals surface area (Å²) in [6.07, 6.45) is 2.10. The van der Waals surface area contributed by atoms with Gasteiger partial charge in [0.05, 0.1) is 25.4 Å². The Morgan fingerprint density at radius 2 is 2.05 bits per heavy atom. The lowest BCUT2D eigenvalue weighted by Crippen LogP contribution is -2.55. The fourth-order valence-electron chi connectivity index (χ4n) is 3.54. The van der Waals surface area contributed by atoms with Gasteiger partial charge in [-0.2, -0.15) is 0 Å². The highest BCUT2D eigenvalue weighted by molar-refractivity contribution is 5.46. The van der Waals surface area contributed by atoms with Crippen molar-refractivity contribution < 1.29 is 9.47 Å². The van der Waals surface area contributed by atoms with Gasteiger partial charge in [-0.15, -0.1) is 0 Å². The lowest BCUT2D eigenvalue weighted by Gasteiger charge is -2.45. The standard InChI is InChI=1S/C16H24N2O2/c1-13-4-2-5-14-15(13)20-9-3-6-16(14,12-17)18-7-10-19-11-8-18/h2,4-5H,3,6-12,17H2,1H3. The van der Waals surface area contributed by atoms with Gasteiger partial charge in [0, 0.05) is 25.2 Å². The van der Waals surface area contributed by atoms with Crippen LogP contribution in [0.1, 0.15) is 24.0 Å². The molecule has 0 aliphatic carbocycles. The predicted molar refractivity (Wildman–Crippen MR) is 79.0 cm³/mol. The van der Waals surface area contributed by atoms with Gasteiger partial charge in [0.15, 0.2) is 0 Å². The Balaban J connectivity index is 2.07. The summed E-state index contributed by atoms with van der Waals surface area (Å²) in [6, 6.07) is 6.43. The number of hydrogen-bond donors (Lipinski definition) is 1. The third kappa shape index (κ3) is 2.22. The van der Waals surface area contributed by atoms with Gasteiger partial charge in [0.1, 0.15) is 5.75 Å². The summed E-state index contributed by atoms with van der Waals surface area (Å²) < 4.78 is 11.5. The number of rotatable bonds is 2. The second kappa shape index (κ2) is 5.72. The molecule has 20 heavy (non-hydrogen) atoms. The molecule has 4 nitrogen and oxygen atoms in total. The molecule has 0 amide bonds. The van der Waals surface area contributed by atoms with Crippen LogP contribution in [0.25, 0.3) is 0 Å². The van der Waals surface area contributed by atoms with Gasteiger partial charge in [-0.25, -0.2) is 0 Å². The second-order valence-corrected chi connectivity index (χ2v) is 5.74. The molecule has 2 N–H and O–H groups in total. The van der Waals surface area contributed by atoms with Gasteiger partial charge in [0.2, 0.25) is 0 Å². The molecule has 0 saturated carbocycles. The van der Waals surface area contributed by atoms with Gasteiger partial charge in [-0.1, -0.05) is 18.2 Å². The van der Waals surface area contributed by atoms with Gasteiger partial charge >= 0.3 is 0 Å². The average molecular weight is 276 g/mol. The summed E-state index contributed by atoms with van der Waals surface area (Å²) in [5.41, 5.74) is 8.64. The highest BCUT2D eigenvalue weighted by atomic mass is 16.5. The van der Waals surface area contributed by atoms with Crippen LogP contribution in [0.15, 0.2) is 18.2 Å². The first-order valence-corrected chi connectivity index (χ1v) is 7.54. The fourth-order valence-corrected chi connectivity index (χ4v) is 3.54. The average Bonchev–Trinajstić information content (AvgIpc) is 2.69. The minimum atomic E-state index is -0.0956. The molecule has 1 aromatic carbocycles. The lowest BCUT2D eigenvalue weighted by molar-refractivity contribution is -0.0252. The summed E-state index contributed by atoms with van der Waals surface area (Å²) in [4.78, 5) is 2.50. The molecule has 2 aliphatic heterocycles. The molecule has 1 saturated heterocycles. The molecule has 0 radical (unpaired) electrons. The van der Waals surface area contributed by atoms with Crippen molar-refractivity contribution in [2.24, 2.45) is 5.73 Å². The summed E-state index contributed by atoms with van der Waals surface area (Å²) >= 11 is 0. The van der Waals surface area contributed by atoms with Gasteiger partial charge in [0.25, 0.3) is 0 Å². The number of fused-ring (bicyclic) bond motifs is 1. The maximum absolute atomic E-state index is 6.27. The molecule has 4 heteroatoms. The Kier molecular flexibility index (Phi) is 3.96.